The first-order chi connectivity index (χ1) is 6.04. The van der Waals surface area contributed by atoms with Crippen LogP contribution in [0.2, 0.25) is 0 Å². The molecule has 0 amide bonds. The Kier molecular flexibility index (Phi) is 3.96. The fraction of sp³-hybridized carbons (Fsp3) is 1.00. The molecule has 1 saturated carbocycles. The van der Waals surface area contributed by atoms with E-state index >= 15 is 0 Å². The van der Waals surface area contributed by atoms with E-state index < -0.39 is 7.60 Å². The van der Waals surface area contributed by atoms with Gasteiger partial charge in [-0.2, -0.15) is 0 Å². The molecule has 2 N–H and O–H groups in total. The van der Waals surface area contributed by atoms with Crippen LogP contribution < -0.4 is 0 Å². The highest BCUT2D eigenvalue weighted by Crippen LogP contribution is 2.49. The van der Waals surface area contributed by atoms with Crippen molar-refractivity contribution >= 4 is 7.60 Å². The molecule has 0 aliphatic heterocycles. The molecule has 0 aromatic rings. The fourth-order valence-electron chi connectivity index (χ4n) is 2.18. The Morgan fingerprint density at radius 3 is 2.15 bits per heavy atom. The molecule has 0 spiro atoms. The molecule has 4 heteroatoms. The topological polar surface area (TPSA) is 57.5 Å². The maximum Gasteiger partial charge on any atom is 0.328 e. The summed E-state index contributed by atoms with van der Waals surface area (Å²) in [6.45, 7) is 2.16. The normalized spacial score (nSPS) is 30.4. The lowest BCUT2D eigenvalue weighted by molar-refractivity contribution is 0.294. The van der Waals surface area contributed by atoms with Gasteiger partial charge in [-0.05, 0) is 31.6 Å². The van der Waals surface area contributed by atoms with Crippen LogP contribution in [0.4, 0.5) is 0 Å². The molecule has 1 aliphatic carbocycles. The van der Waals surface area contributed by atoms with Gasteiger partial charge in [0, 0.05) is 0 Å². The van der Waals surface area contributed by atoms with Crippen LogP contribution in [0.3, 0.4) is 0 Å². The Balaban J connectivity index is 2.35. The van der Waals surface area contributed by atoms with Crippen molar-refractivity contribution in [2.24, 2.45) is 5.92 Å². The van der Waals surface area contributed by atoms with E-state index in [-0.39, 0.29) is 5.66 Å². The lowest BCUT2D eigenvalue weighted by atomic mass is 9.86. The van der Waals surface area contributed by atoms with E-state index in [4.69, 9.17) is 9.79 Å². The van der Waals surface area contributed by atoms with Gasteiger partial charge in [0.2, 0.25) is 0 Å². The summed E-state index contributed by atoms with van der Waals surface area (Å²) in [5.74, 6) is 0.716. The summed E-state index contributed by atoms with van der Waals surface area (Å²) < 4.78 is 10.9. The van der Waals surface area contributed by atoms with Crippen LogP contribution in [-0.4, -0.2) is 15.4 Å². The zero-order valence-electron chi connectivity index (χ0n) is 8.15. The largest absolute Gasteiger partial charge is 0.328 e. The third-order valence-electron chi connectivity index (χ3n) is 2.99. The first-order valence-electron chi connectivity index (χ1n) is 5.09. The van der Waals surface area contributed by atoms with E-state index in [1.165, 1.54) is 12.8 Å². The van der Waals surface area contributed by atoms with Crippen LogP contribution >= 0.6 is 7.60 Å². The molecule has 0 aromatic carbocycles. The molecule has 1 fully saturated rings. The van der Waals surface area contributed by atoms with Gasteiger partial charge in [-0.3, -0.25) is 4.57 Å². The highest BCUT2D eigenvalue weighted by atomic mass is 31.2. The lowest BCUT2D eigenvalue weighted by Gasteiger charge is -2.28. The minimum absolute atomic E-state index is 0.347. The van der Waals surface area contributed by atoms with Crippen molar-refractivity contribution in [1.82, 2.24) is 0 Å². The van der Waals surface area contributed by atoms with Crippen LogP contribution in [0.1, 0.15) is 45.4 Å². The van der Waals surface area contributed by atoms with Gasteiger partial charge in [0.1, 0.15) is 0 Å². The lowest BCUT2D eigenvalue weighted by Crippen LogP contribution is -2.18. The van der Waals surface area contributed by atoms with Crippen LogP contribution in [-0.2, 0) is 4.57 Å². The summed E-state index contributed by atoms with van der Waals surface area (Å²) in [4.78, 5) is 17.9. The number of hydrogen-bond donors (Lipinski definition) is 2. The Hall–Kier alpha value is 0.150. The number of rotatable bonds is 3. The molecular formula is C9H19O3P. The summed E-state index contributed by atoms with van der Waals surface area (Å²) in [7, 11) is -3.79. The Morgan fingerprint density at radius 2 is 1.77 bits per heavy atom. The average Bonchev–Trinajstić information content (AvgIpc) is 2.04. The van der Waals surface area contributed by atoms with E-state index in [2.05, 4.69) is 6.92 Å². The van der Waals surface area contributed by atoms with Crippen molar-refractivity contribution in [2.75, 3.05) is 0 Å². The third kappa shape index (κ3) is 3.41. The Morgan fingerprint density at radius 1 is 1.23 bits per heavy atom. The highest BCUT2D eigenvalue weighted by molar-refractivity contribution is 7.52. The van der Waals surface area contributed by atoms with Gasteiger partial charge < -0.3 is 9.79 Å². The summed E-state index contributed by atoms with van der Waals surface area (Å²) in [6, 6.07) is 0. The van der Waals surface area contributed by atoms with Crippen LogP contribution in [0.15, 0.2) is 0 Å². The van der Waals surface area contributed by atoms with Crippen molar-refractivity contribution < 1.29 is 14.4 Å². The average molecular weight is 206 g/mol. The fourth-order valence-corrected chi connectivity index (χ4v) is 3.15. The van der Waals surface area contributed by atoms with Gasteiger partial charge in [0.15, 0.2) is 0 Å². The van der Waals surface area contributed by atoms with Gasteiger partial charge in [0.05, 0.1) is 5.66 Å². The van der Waals surface area contributed by atoms with Crippen LogP contribution in [0.25, 0.3) is 0 Å². The third-order valence-corrected chi connectivity index (χ3v) is 4.46. The SMILES string of the molecule is CCCC1CCC(P(=O)(O)O)CC1. The van der Waals surface area contributed by atoms with E-state index in [0.717, 1.165) is 25.7 Å². The predicted molar refractivity (Wildman–Crippen MR) is 52.7 cm³/mol. The van der Waals surface area contributed by atoms with Crippen molar-refractivity contribution in [3.05, 3.63) is 0 Å². The molecule has 0 heterocycles. The van der Waals surface area contributed by atoms with Crippen molar-refractivity contribution in [3.8, 4) is 0 Å². The minimum atomic E-state index is -3.79. The maximum atomic E-state index is 10.9. The molecule has 13 heavy (non-hydrogen) atoms. The van der Waals surface area contributed by atoms with E-state index in [0.29, 0.717) is 5.92 Å². The number of hydrogen-bond acceptors (Lipinski definition) is 1. The Bertz CT molecular complexity index is 191. The zero-order valence-corrected chi connectivity index (χ0v) is 9.04. The first-order valence-corrected chi connectivity index (χ1v) is 6.77. The molecule has 3 nitrogen and oxygen atoms in total. The second-order valence-corrected chi connectivity index (χ2v) is 5.96. The Labute approximate surface area is 79.7 Å². The van der Waals surface area contributed by atoms with Gasteiger partial charge in [-0.1, -0.05) is 19.8 Å². The molecule has 1 rings (SSSR count). The van der Waals surface area contributed by atoms with E-state index in [9.17, 15) is 4.57 Å². The molecule has 1 aliphatic rings. The van der Waals surface area contributed by atoms with Crippen LogP contribution in [0.5, 0.6) is 0 Å². The van der Waals surface area contributed by atoms with Crippen LogP contribution in [0, 0.1) is 5.92 Å². The summed E-state index contributed by atoms with van der Waals surface area (Å²) in [6.07, 6.45) is 5.84. The van der Waals surface area contributed by atoms with Gasteiger partial charge in [-0.15, -0.1) is 0 Å². The molecule has 78 valence electrons. The quantitative estimate of drug-likeness (QED) is 0.697. The zero-order chi connectivity index (χ0) is 9.90. The molecule has 0 unspecified atom stereocenters. The molecule has 0 atom stereocenters. The highest BCUT2D eigenvalue weighted by Gasteiger charge is 2.32. The smallest absolute Gasteiger partial charge is 0.324 e. The molecular weight excluding hydrogens is 187 g/mol. The van der Waals surface area contributed by atoms with Crippen molar-refractivity contribution in [3.63, 3.8) is 0 Å². The van der Waals surface area contributed by atoms with Gasteiger partial charge in [0.25, 0.3) is 0 Å². The maximum absolute atomic E-state index is 10.9. The summed E-state index contributed by atoms with van der Waals surface area (Å²) in [5, 5.41) is 0. The summed E-state index contributed by atoms with van der Waals surface area (Å²) >= 11 is 0. The van der Waals surface area contributed by atoms with Gasteiger partial charge in [-0.25, -0.2) is 0 Å². The van der Waals surface area contributed by atoms with E-state index in [1.807, 2.05) is 0 Å². The summed E-state index contributed by atoms with van der Waals surface area (Å²) in [5.41, 5.74) is -0.347. The molecule has 0 saturated heterocycles. The molecule has 0 radical (unpaired) electrons. The van der Waals surface area contributed by atoms with E-state index in [1.54, 1.807) is 0 Å². The standard InChI is InChI=1S/C9H19O3P/c1-2-3-8-4-6-9(7-5-8)13(10,11)12/h8-9H,2-7H2,1H3,(H2,10,11,12). The molecule has 0 bridgehead atoms. The molecule has 0 aromatic heterocycles. The van der Waals surface area contributed by atoms with Crippen molar-refractivity contribution in [2.45, 2.75) is 51.1 Å². The second kappa shape index (κ2) is 4.59. The first kappa shape index (κ1) is 11.2. The van der Waals surface area contributed by atoms with Gasteiger partial charge >= 0.3 is 7.60 Å². The second-order valence-electron chi connectivity index (χ2n) is 4.05. The predicted octanol–water partition coefficient (Wildman–Crippen LogP) is 2.52. The minimum Gasteiger partial charge on any atom is -0.324 e. The monoisotopic (exact) mass is 206 g/mol. The van der Waals surface area contributed by atoms with Crippen molar-refractivity contribution in [1.29, 1.82) is 0 Å².